The van der Waals surface area contributed by atoms with Gasteiger partial charge in [0.25, 0.3) is 0 Å². The van der Waals surface area contributed by atoms with Crippen molar-refractivity contribution in [1.29, 1.82) is 0 Å². The van der Waals surface area contributed by atoms with Crippen molar-refractivity contribution in [1.82, 2.24) is 4.98 Å². The van der Waals surface area contributed by atoms with E-state index in [0.717, 1.165) is 17.6 Å². The van der Waals surface area contributed by atoms with Crippen LogP contribution >= 0.6 is 0 Å². The maximum Gasteiger partial charge on any atom is 0.142 e. The molecule has 14 heavy (non-hydrogen) atoms. The predicted octanol–water partition coefficient (Wildman–Crippen LogP) is 1.88. The van der Waals surface area contributed by atoms with Gasteiger partial charge in [0.15, 0.2) is 0 Å². The first-order valence-corrected chi connectivity index (χ1v) is 4.58. The molecule has 0 atom stereocenters. The summed E-state index contributed by atoms with van der Waals surface area (Å²) in [5.41, 5.74) is 1.84. The average Bonchev–Trinajstić information content (AvgIpc) is 2.24. The van der Waals surface area contributed by atoms with E-state index in [0.29, 0.717) is 12.1 Å². The van der Waals surface area contributed by atoms with Crippen LogP contribution < -0.4 is 4.74 Å². The molecule has 1 aromatic heterocycles. The Morgan fingerprint density at radius 3 is 3.14 bits per heavy atom. The molecule has 2 aromatic rings. The fraction of sp³-hybridized carbons (Fsp3) is 0.182. The number of aromatic nitrogens is 1. The van der Waals surface area contributed by atoms with Crippen LogP contribution in [0.4, 0.5) is 0 Å². The van der Waals surface area contributed by atoms with Crippen molar-refractivity contribution >= 4 is 10.9 Å². The lowest BCUT2D eigenvalue weighted by Crippen LogP contribution is -2.08. The molecule has 0 saturated heterocycles. The van der Waals surface area contributed by atoms with Crippen LogP contribution in [0.15, 0.2) is 24.4 Å². The summed E-state index contributed by atoms with van der Waals surface area (Å²) in [6, 6.07) is 5.40. The summed E-state index contributed by atoms with van der Waals surface area (Å²) in [5.74, 6) is 1.04. The number of hydrogen-bond acceptors (Lipinski definition) is 3. The van der Waals surface area contributed by atoms with Gasteiger partial charge >= 0.3 is 0 Å². The van der Waals surface area contributed by atoms with Gasteiger partial charge in [-0.05, 0) is 23.8 Å². The third-order valence-corrected chi connectivity index (χ3v) is 2.55. The molecule has 2 heterocycles. The summed E-state index contributed by atoms with van der Waals surface area (Å²) >= 11 is 0. The van der Waals surface area contributed by atoms with Gasteiger partial charge in [-0.3, -0.25) is 4.98 Å². The molecule has 1 aliphatic rings. The molecule has 0 aliphatic carbocycles. The highest BCUT2D eigenvalue weighted by Gasteiger charge is 2.15. The van der Waals surface area contributed by atoms with Crippen molar-refractivity contribution < 1.29 is 9.84 Å². The molecule has 0 radical (unpaired) electrons. The second-order valence-electron chi connectivity index (χ2n) is 3.37. The molecule has 1 N–H and O–H groups in total. The van der Waals surface area contributed by atoms with Gasteiger partial charge in [0.2, 0.25) is 0 Å². The van der Waals surface area contributed by atoms with Crippen LogP contribution in [0, 0.1) is 0 Å². The number of phenols is 1. The third-order valence-electron chi connectivity index (χ3n) is 2.55. The monoisotopic (exact) mass is 187 g/mol. The Morgan fingerprint density at radius 1 is 1.29 bits per heavy atom. The second-order valence-corrected chi connectivity index (χ2v) is 3.37. The largest absolute Gasteiger partial charge is 0.506 e. The minimum atomic E-state index is 0.219. The van der Waals surface area contributed by atoms with Crippen LogP contribution in [0.2, 0.25) is 0 Å². The summed E-state index contributed by atoms with van der Waals surface area (Å²) in [5, 5.41) is 10.6. The van der Waals surface area contributed by atoms with Crippen LogP contribution in [-0.2, 0) is 6.42 Å². The summed E-state index contributed by atoms with van der Waals surface area (Å²) < 4.78 is 5.50. The third kappa shape index (κ3) is 0.894. The molecule has 0 spiro atoms. The van der Waals surface area contributed by atoms with E-state index >= 15 is 0 Å². The van der Waals surface area contributed by atoms with Gasteiger partial charge in [-0.25, -0.2) is 0 Å². The van der Waals surface area contributed by atoms with Crippen molar-refractivity contribution in [2.75, 3.05) is 6.61 Å². The number of pyridine rings is 1. The Balaban J connectivity index is 2.51. The Labute approximate surface area is 81.0 Å². The maximum atomic E-state index is 9.62. The predicted molar refractivity (Wildman–Crippen MR) is 52.6 cm³/mol. The maximum absolute atomic E-state index is 9.62. The van der Waals surface area contributed by atoms with Crippen LogP contribution in [-0.4, -0.2) is 16.7 Å². The van der Waals surface area contributed by atoms with Crippen molar-refractivity contribution in [2.45, 2.75) is 6.42 Å². The molecule has 0 unspecified atom stereocenters. The number of nitrogens with zero attached hydrogens (tertiary/aromatic N) is 1. The molecule has 1 aromatic carbocycles. The van der Waals surface area contributed by atoms with Crippen molar-refractivity contribution in [3.05, 3.63) is 30.0 Å². The van der Waals surface area contributed by atoms with Gasteiger partial charge < -0.3 is 9.84 Å². The number of phenolic OH excluding ortho intramolecular Hbond substituents is 1. The fourth-order valence-electron chi connectivity index (χ4n) is 1.89. The smallest absolute Gasteiger partial charge is 0.142 e. The van der Waals surface area contributed by atoms with Crippen molar-refractivity contribution in [3.63, 3.8) is 0 Å². The zero-order valence-corrected chi connectivity index (χ0v) is 7.53. The number of benzene rings is 1. The van der Waals surface area contributed by atoms with Crippen molar-refractivity contribution in [3.8, 4) is 11.5 Å². The molecule has 0 bridgehead atoms. The number of rotatable bonds is 0. The van der Waals surface area contributed by atoms with Gasteiger partial charge in [0.1, 0.15) is 17.0 Å². The lowest BCUT2D eigenvalue weighted by molar-refractivity contribution is 0.317. The van der Waals surface area contributed by atoms with E-state index in [1.165, 1.54) is 5.56 Å². The Hall–Kier alpha value is -1.77. The summed E-state index contributed by atoms with van der Waals surface area (Å²) in [6.45, 7) is 0.705. The highest BCUT2D eigenvalue weighted by atomic mass is 16.5. The molecule has 1 aliphatic heterocycles. The van der Waals surface area contributed by atoms with E-state index < -0.39 is 0 Å². The van der Waals surface area contributed by atoms with Gasteiger partial charge in [-0.1, -0.05) is 0 Å². The molecule has 70 valence electrons. The molecule has 3 nitrogen and oxygen atoms in total. The first kappa shape index (κ1) is 7.62. The summed E-state index contributed by atoms with van der Waals surface area (Å²) in [6.07, 6.45) is 2.61. The highest BCUT2D eigenvalue weighted by Crippen LogP contribution is 2.35. The molecule has 0 amide bonds. The molecule has 0 saturated carbocycles. The topological polar surface area (TPSA) is 42.4 Å². The van der Waals surface area contributed by atoms with E-state index in [4.69, 9.17) is 4.74 Å². The minimum Gasteiger partial charge on any atom is -0.506 e. The average molecular weight is 187 g/mol. The quantitative estimate of drug-likeness (QED) is 0.684. The van der Waals surface area contributed by atoms with Gasteiger partial charge in [-0.15, -0.1) is 0 Å². The van der Waals surface area contributed by atoms with E-state index in [9.17, 15) is 5.11 Å². The van der Waals surface area contributed by atoms with E-state index in [2.05, 4.69) is 4.98 Å². The van der Waals surface area contributed by atoms with Crippen LogP contribution in [0.1, 0.15) is 5.56 Å². The number of hydrogen-bond donors (Lipinski definition) is 1. The van der Waals surface area contributed by atoms with E-state index in [1.807, 2.05) is 6.07 Å². The zero-order chi connectivity index (χ0) is 9.54. The first-order chi connectivity index (χ1) is 6.86. The normalized spacial score (nSPS) is 14.0. The Kier molecular flexibility index (Phi) is 1.42. The Morgan fingerprint density at radius 2 is 2.21 bits per heavy atom. The van der Waals surface area contributed by atoms with Crippen LogP contribution in [0.5, 0.6) is 11.5 Å². The fourth-order valence-corrected chi connectivity index (χ4v) is 1.89. The molecular weight excluding hydrogens is 178 g/mol. The Bertz CT molecular complexity index is 498. The van der Waals surface area contributed by atoms with Crippen LogP contribution in [0.3, 0.4) is 0 Å². The van der Waals surface area contributed by atoms with E-state index in [-0.39, 0.29) is 5.75 Å². The second kappa shape index (κ2) is 2.61. The van der Waals surface area contributed by atoms with Gasteiger partial charge in [0, 0.05) is 18.0 Å². The lowest BCUT2D eigenvalue weighted by atomic mass is 10.0. The SMILES string of the molecule is Oc1ccc2c3c(ccnc13)CCO2. The zero-order valence-electron chi connectivity index (χ0n) is 7.53. The lowest BCUT2D eigenvalue weighted by Gasteiger charge is -2.17. The molecule has 0 fully saturated rings. The molecule has 3 rings (SSSR count). The van der Waals surface area contributed by atoms with E-state index in [1.54, 1.807) is 18.3 Å². The molecule has 3 heteroatoms. The minimum absolute atomic E-state index is 0.219. The summed E-state index contributed by atoms with van der Waals surface area (Å²) in [7, 11) is 0. The van der Waals surface area contributed by atoms with Crippen molar-refractivity contribution in [2.24, 2.45) is 0 Å². The molecular formula is C11H9NO2. The number of aromatic hydroxyl groups is 1. The number of ether oxygens (including phenoxy) is 1. The van der Waals surface area contributed by atoms with Gasteiger partial charge in [-0.2, -0.15) is 0 Å². The highest BCUT2D eigenvalue weighted by molar-refractivity contribution is 5.92. The van der Waals surface area contributed by atoms with Gasteiger partial charge in [0.05, 0.1) is 6.61 Å². The summed E-state index contributed by atoms with van der Waals surface area (Å²) in [4.78, 5) is 4.15. The first-order valence-electron chi connectivity index (χ1n) is 4.58. The standard InChI is InChI=1S/C11H9NO2/c13-8-1-2-9-10-7(4-6-14-9)3-5-12-11(8)10/h1-3,5,13H,4,6H2. The van der Waals surface area contributed by atoms with Crippen LogP contribution in [0.25, 0.3) is 10.9 Å².